The first-order valence-electron chi connectivity index (χ1n) is 5.57. The number of benzene rings is 1. The second kappa shape index (κ2) is 6.36. The molecular formula is C13H10Cl2N4O. The number of nitrogens with one attached hydrogen (secondary N) is 1. The van der Waals surface area contributed by atoms with Gasteiger partial charge in [0, 0.05) is 11.8 Å². The minimum atomic E-state index is -0.388. The van der Waals surface area contributed by atoms with Crippen LogP contribution in [-0.4, -0.2) is 15.9 Å². The van der Waals surface area contributed by atoms with E-state index in [4.69, 9.17) is 28.9 Å². The monoisotopic (exact) mass is 308 g/mol. The van der Waals surface area contributed by atoms with Crippen molar-refractivity contribution in [3.8, 4) is 0 Å². The number of anilines is 2. The van der Waals surface area contributed by atoms with Crippen LogP contribution in [0.4, 0.5) is 11.4 Å². The minimum absolute atomic E-state index is 0.0826. The highest BCUT2D eigenvalue weighted by atomic mass is 35.5. The van der Waals surface area contributed by atoms with Gasteiger partial charge in [0.05, 0.1) is 0 Å². The summed E-state index contributed by atoms with van der Waals surface area (Å²) in [6.45, 7) is 0. The third kappa shape index (κ3) is 3.69. The van der Waals surface area contributed by atoms with Crippen LogP contribution in [0.25, 0.3) is 6.08 Å². The summed E-state index contributed by atoms with van der Waals surface area (Å²) in [7, 11) is 0. The Hall–Kier alpha value is -2.11. The molecule has 0 saturated carbocycles. The topological polar surface area (TPSA) is 80.9 Å². The van der Waals surface area contributed by atoms with Crippen LogP contribution < -0.4 is 11.1 Å². The van der Waals surface area contributed by atoms with Crippen LogP contribution in [0.15, 0.2) is 36.7 Å². The molecule has 0 spiro atoms. The highest BCUT2D eigenvalue weighted by Gasteiger charge is 2.09. The van der Waals surface area contributed by atoms with Crippen LogP contribution >= 0.6 is 23.2 Å². The van der Waals surface area contributed by atoms with Crippen LogP contribution in [0.1, 0.15) is 5.56 Å². The molecule has 0 bridgehead atoms. The molecule has 7 heteroatoms. The number of aromatic nitrogens is 2. The molecule has 0 unspecified atom stereocenters. The SMILES string of the molecule is Nc1ccc(/C=C/C(=O)Nc2c(Cl)ncnc2Cl)cc1. The number of hydrogen-bond donors (Lipinski definition) is 2. The smallest absolute Gasteiger partial charge is 0.248 e. The maximum atomic E-state index is 11.8. The summed E-state index contributed by atoms with van der Waals surface area (Å²) in [5.74, 6) is -0.388. The molecule has 1 aromatic heterocycles. The fraction of sp³-hybridized carbons (Fsp3) is 0. The second-order valence-corrected chi connectivity index (χ2v) is 4.54. The van der Waals surface area contributed by atoms with E-state index in [1.165, 1.54) is 12.4 Å². The summed E-state index contributed by atoms with van der Waals surface area (Å²) in [6, 6.07) is 7.09. The Labute approximate surface area is 125 Å². The molecule has 102 valence electrons. The predicted molar refractivity (Wildman–Crippen MR) is 80.6 cm³/mol. The van der Waals surface area contributed by atoms with Crippen molar-refractivity contribution in [3.63, 3.8) is 0 Å². The first-order valence-corrected chi connectivity index (χ1v) is 6.32. The molecular weight excluding hydrogens is 299 g/mol. The molecule has 1 aromatic carbocycles. The van der Waals surface area contributed by atoms with E-state index in [0.717, 1.165) is 5.56 Å². The average molecular weight is 309 g/mol. The van der Waals surface area contributed by atoms with Gasteiger partial charge in [-0.15, -0.1) is 0 Å². The van der Waals surface area contributed by atoms with Crippen molar-refractivity contribution in [1.29, 1.82) is 0 Å². The largest absolute Gasteiger partial charge is 0.399 e. The molecule has 1 amide bonds. The molecule has 2 aromatic rings. The highest BCUT2D eigenvalue weighted by molar-refractivity contribution is 6.38. The maximum absolute atomic E-state index is 11.8. The van der Waals surface area contributed by atoms with Gasteiger partial charge in [0.25, 0.3) is 0 Å². The van der Waals surface area contributed by atoms with Gasteiger partial charge in [-0.3, -0.25) is 4.79 Å². The molecule has 0 aliphatic carbocycles. The van der Waals surface area contributed by atoms with E-state index in [2.05, 4.69) is 15.3 Å². The Kier molecular flexibility index (Phi) is 4.55. The van der Waals surface area contributed by atoms with Gasteiger partial charge >= 0.3 is 0 Å². The molecule has 0 saturated heterocycles. The van der Waals surface area contributed by atoms with Crippen molar-refractivity contribution in [2.24, 2.45) is 0 Å². The number of carbonyl (C=O) groups is 1. The van der Waals surface area contributed by atoms with E-state index < -0.39 is 0 Å². The predicted octanol–water partition coefficient (Wildman–Crippen LogP) is 3.02. The molecule has 20 heavy (non-hydrogen) atoms. The first-order chi connectivity index (χ1) is 9.56. The molecule has 0 radical (unpaired) electrons. The van der Waals surface area contributed by atoms with Gasteiger partial charge in [0.1, 0.15) is 12.0 Å². The lowest BCUT2D eigenvalue weighted by atomic mass is 10.2. The van der Waals surface area contributed by atoms with Crippen molar-refractivity contribution in [1.82, 2.24) is 9.97 Å². The van der Waals surface area contributed by atoms with Crippen LogP contribution in [0.5, 0.6) is 0 Å². The molecule has 0 aliphatic heterocycles. The Balaban J connectivity index is 2.07. The summed E-state index contributed by atoms with van der Waals surface area (Å²) in [6.07, 6.45) is 4.20. The number of nitrogens with zero attached hydrogens (tertiary/aromatic N) is 2. The molecule has 0 fully saturated rings. The van der Waals surface area contributed by atoms with Crippen LogP contribution in [0.3, 0.4) is 0 Å². The first kappa shape index (κ1) is 14.3. The molecule has 1 heterocycles. The summed E-state index contributed by atoms with van der Waals surface area (Å²) in [5.41, 5.74) is 7.26. The van der Waals surface area contributed by atoms with E-state index in [1.54, 1.807) is 30.3 Å². The Morgan fingerprint density at radius 3 is 2.35 bits per heavy atom. The zero-order valence-corrected chi connectivity index (χ0v) is 11.7. The Bertz CT molecular complexity index is 636. The maximum Gasteiger partial charge on any atom is 0.248 e. The number of rotatable bonds is 3. The summed E-state index contributed by atoms with van der Waals surface area (Å²) in [4.78, 5) is 19.2. The van der Waals surface area contributed by atoms with Crippen LogP contribution in [0.2, 0.25) is 10.3 Å². The lowest BCUT2D eigenvalue weighted by Gasteiger charge is -2.04. The van der Waals surface area contributed by atoms with Gasteiger partial charge in [-0.1, -0.05) is 35.3 Å². The lowest BCUT2D eigenvalue weighted by molar-refractivity contribution is -0.111. The fourth-order valence-electron chi connectivity index (χ4n) is 1.39. The van der Waals surface area contributed by atoms with E-state index in [0.29, 0.717) is 5.69 Å². The molecule has 5 nitrogen and oxygen atoms in total. The zero-order chi connectivity index (χ0) is 14.5. The Morgan fingerprint density at radius 1 is 1.15 bits per heavy atom. The number of nitrogen functional groups attached to an aromatic ring is 1. The van der Waals surface area contributed by atoms with Crippen molar-refractivity contribution in [2.45, 2.75) is 0 Å². The number of nitrogens with two attached hydrogens (primary N) is 1. The van der Waals surface area contributed by atoms with Crippen molar-refractivity contribution in [2.75, 3.05) is 11.1 Å². The second-order valence-electron chi connectivity index (χ2n) is 3.82. The zero-order valence-electron chi connectivity index (χ0n) is 10.2. The van der Waals surface area contributed by atoms with Gasteiger partial charge < -0.3 is 11.1 Å². The van der Waals surface area contributed by atoms with E-state index >= 15 is 0 Å². The van der Waals surface area contributed by atoms with E-state index in [1.807, 2.05) is 0 Å². The standard InChI is InChI=1S/C13H10Cl2N4O/c14-12-11(13(15)18-7-17-12)19-10(20)6-3-8-1-4-9(16)5-2-8/h1-7H,16H2,(H,19,20)/b6-3+. The van der Waals surface area contributed by atoms with Crippen LogP contribution in [-0.2, 0) is 4.79 Å². The number of hydrogen-bond acceptors (Lipinski definition) is 4. The van der Waals surface area contributed by atoms with Gasteiger partial charge in [0.15, 0.2) is 10.3 Å². The number of carbonyl (C=O) groups excluding carboxylic acids is 1. The normalized spacial score (nSPS) is 10.7. The quantitative estimate of drug-likeness (QED) is 0.519. The van der Waals surface area contributed by atoms with Gasteiger partial charge in [-0.05, 0) is 23.8 Å². The third-order valence-corrected chi connectivity index (χ3v) is 2.94. The number of amides is 1. The fourth-order valence-corrected chi connectivity index (χ4v) is 1.80. The lowest BCUT2D eigenvalue weighted by Crippen LogP contribution is -2.09. The third-order valence-electron chi connectivity index (χ3n) is 2.37. The van der Waals surface area contributed by atoms with Crippen molar-refractivity contribution in [3.05, 3.63) is 52.5 Å². The average Bonchev–Trinajstić information content (AvgIpc) is 2.42. The van der Waals surface area contributed by atoms with E-state index in [-0.39, 0.29) is 21.9 Å². The van der Waals surface area contributed by atoms with Crippen molar-refractivity contribution < 1.29 is 4.79 Å². The molecule has 0 aliphatic rings. The van der Waals surface area contributed by atoms with Gasteiger partial charge in [-0.2, -0.15) is 0 Å². The van der Waals surface area contributed by atoms with Gasteiger partial charge in [-0.25, -0.2) is 9.97 Å². The van der Waals surface area contributed by atoms with Gasteiger partial charge in [0.2, 0.25) is 5.91 Å². The molecule has 3 N–H and O–H groups in total. The number of halogens is 2. The molecule has 2 rings (SSSR count). The highest BCUT2D eigenvalue weighted by Crippen LogP contribution is 2.25. The van der Waals surface area contributed by atoms with Crippen LogP contribution in [0, 0.1) is 0 Å². The summed E-state index contributed by atoms with van der Waals surface area (Å²) in [5, 5.41) is 2.69. The summed E-state index contributed by atoms with van der Waals surface area (Å²) >= 11 is 11.6. The minimum Gasteiger partial charge on any atom is -0.399 e. The van der Waals surface area contributed by atoms with E-state index in [9.17, 15) is 4.79 Å². The molecule has 0 atom stereocenters. The summed E-state index contributed by atoms with van der Waals surface area (Å²) < 4.78 is 0. The Morgan fingerprint density at radius 2 is 1.75 bits per heavy atom. The van der Waals surface area contributed by atoms with Crippen molar-refractivity contribution >= 4 is 46.6 Å².